The third-order valence-electron chi connectivity index (χ3n) is 7.53. The third kappa shape index (κ3) is 4.33. The van der Waals surface area contributed by atoms with Gasteiger partial charge in [-0.1, -0.05) is 37.1 Å². The first-order chi connectivity index (χ1) is 15.7. The average molecular weight is 436 g/mol. The minimum atomic E-state index is -0.104. The van der Waals surface area contributed by atoms with Crippen LogP contribution in [0.3, 0.4) is 0 Å². The van der Waals surface area contributed by atoms with Gasteiger partial charge in [0, 0.05) is 26.2 Å². The predicted octanol–water partition coefficient (Wildman–Crippen LogP) is 3.79. The van der Waals surface area contributed by atoms with Gasteiger partial charge in [-0.05, 0) is 61.3 Å². The van der Waals surface area contributed by atoms with Crippen LogP contribution in [-0.4, -0.2) is 53.8 Å². The zero-order chi connectivity index (χ0) is 21.9. The van der Waals surface area contributed by atoms with E-state index in [0.29, 0.717) is 24.8 Å². The molecule has 0 unspecified atom stereocenters. The van der Waals surface area contributed by atoms with E-state index in [1.54, 1.807) is 12.1 Å². The van der Waals surface area contributed by atoms with E-state index in [1.807, 2.05) is 4.90 Å². The molecule has 170 valence electrons. The summed E-state index contributed by atoms with van der Waals surface area (Å²) < 4.78 is 5.29. The molecule has 0 bridgehead atoms. The van der Waals surface area contributed by atoms with Crippen LogP contribution >= 0.6 is 0 Å². The Morgan fingerprint density at radius 2 is 1.72 bits per heavy atom. The third-order valence-corrected chi connectivity index (χ3v) is 7.53. The maximum Gasteiger partial charge on any atom is 0.289 e. The molecule has 1 N–H and O–H groups in total. The number of fused-ring (bicyclic) bond motifs is 1. The smallest absolute Gasteiger partial charge is 0.289 e. The number of amides is 2. The van der Waals surface area contributed by atoms with Crippen LogP contribution in [0.1, 0.15) is 66.2 Å². The fourth-order valence-corrected chi connectivity index (χ4v) is 5.87. The van der Waals surface area contributed by atoms with Crippen molar-refractivity contribution in [2.45, 2.75) is 57.0 Å². The number of nitrogens with zero attached hydrogens (tertiary/aromatic N) is 2. The monoisotopic (exact) mass is 435 g/mol. The van der Waals surface area contributed by atoms with E-state index in [1.165, 1.54) is 30.2 Å². The fraction of sp³-hybridized carbons (Fsp3) is 0.538. The SMILES string of the molecule is O=C(N[C@@H]1CCCc2ccccc21)[C@@H](C1CCCC1)N1CCN(C(=O)c2ccco2)CC1. The minimum absolute atomic E-state index is 0.0599. The number of nitrogens with one attached hydrogen (secondary N) is 1. The molecule has 2 atom stereocenters. The van der Waals surface area contributed by atoms with Gasteiger partial charge in [0.1, 0.15) is 0 Å². The molecule has 6 heteroatoms. The van der Waals surface area contributed by atoms with E-state index >= 15 is 0 Å². The van der Waals surface area contributed by atoms with Crippen molar-refractivity contribution in [3.8, 4) is 0 Å². The molecular weight excluding hydrogens is 402 g/mol. The lowest BCUT2D eigenvalue weighted by Gasteiger charge is -2.41. The van der Waals surface area contributed by atoms with Gasteiger partial charge in [0.15, 0.2) is 5.76 Å². The van der Waals surface area contributed by atoms with Crippen molar-refractivity contribution in [3.05, 3.63) is 59.5 Å². The second kappa shape index (κ2) is 9.49. The van der Waals surface area contributed by atoms with Crippen LogP contribution in [0.5, 0.6) is 0 Å². The first-order valence-electron chi connectivity index (χ1n) is 12.2. The quantitative estimate of drug-likeness (QED) is 0.776. The Kier molecular flexibility index (Phi) is 6.30. The van der Waals surface area contributed by atoms with Crippen molar-refractivity contribution < 1.29 is 14.0 Å². The van der Waals surface area contributed by atoms with E-state index in [4.69, 9.17) is 4.42 Å². The number of rotatable bonds is 5. The highest BCUT2D eigenvalue weighted by molar-refractivity contribution is 5.91. The van der Waals surface area contributed by atoms with Crippen molar-refractivity contribution in [3.63, 3.8) is 0 Å². The molecule has 1 saturated carbocycles. The summed E-state index contributed by atoms with van der Waals surface area (Å²) in [6, 6.07) is 12.0. The first kappa shape index (κ1) is 21.3. The number of furan rings is 1. The molecule has 0 radical (unpaired) electrons. The summed E-state index contributed by atoms with van der Waals surface area (Å²) in [7, 11) is 0. The lowest BCUT2D eigenvalue weighted by Crippen LogP contribution is -2.58. The normalized spacial score (nSPS) is 23.0. The molecule has 0 spiro atoms. The number of benzene rings is 1. The zero-order valence-corrected chi connectivity index (χ0v) is 18.7. The largest absolute Gasteiger partial charge is 0.459 e. The van der Waals surface area contributed by atoms with Gasteiger partial charge in [-0.2, -0.15) is 0 Å². The van der Waals surface area contributed by atoms with Crippen LogP contribution in [0, 0.1) is 5.92 Å². The number of hydrogen-bond donors (Lipinski definition) is 1. The van der Waals surface area contributed by atoms with Crippen molar-refractivity contribution in [2.75, 3.05) is 26.2 Å². The van der Waals surface area contributed by atoms with Gasteiger partial charge in [-0.3, -0.25) is 14.5 Å². The molecule has 3 aliphatic rings. The Morgan fingerprint density at radius 1 is 0.938 bits per heavy atom. The highest BCUT2D eigenvalue weighted by Crippen LogP contribution is 2.33. The van der Waals surface area contributed by atoms with Crippen LogP contribution in [0.2, 0.25) is 0 Å². The second-order valence-electron chi connectivity index (χ2n) is 9.45. The fourth-order valence-electron chi connectivity index (χ4n) is 5.87. The Morgan fingerprint density at radius 3 is 2.47 bits per heavy atom. The van der Waals surface area contributed by atoms with Gasteiger partial charge in [-0.15, -0.1) is 0 Å². The van der Waals surface area contributed by atoms with Gasteiger partial charge in [0.25, 0.3) is 5.91 Å². The van der Waals surface area contributed by atoms with Crippen LogP contribution in [0.15, 0.2) is 47.1 Å². The van der Waals surface area contributed by atoms with Gasteiger partial charge in [0.2, 0.25) is 5.91 Å². The molecule has 6 nitrogen and oxygen atoms in total. The minimum Gasteiger partial charge on any atom is -0.459 e. The molecule has 1 saturated heterocycles. The Labute approximate surface area is 189 Å². The Balaban J connectivity index is 1.27. The van der Waals surface area contributed by atoms with E-state index in [9.17, 15) is 9.59 Å². The number of piperazine rings is 1. The summed E-state index contributed by atoms with van der Waals surface area (Å²) in [4.78, 5) is 30.5. The standard InChI is InChI=1S/C26H33N3O3/c30-25(27-22-12-5-10-19-7-3-4-11-21(19)22)24(20-8-1-2-9-20)28-14-16-29(17-15-28)26(31)23-13-6-18-32-23/h3-4,6-7,11,13,18,20,22,24H,1-2,5,8-10,12,14-17H2,(H,27,30)/t22-,24-/m1/s1. The van der Waals surface area contributed by atoms with Crippen LogP contribution in [0.25, 0.3) is 0 Å². The van der Waals surface area contributed by atoms with E-state index < -0.39 is 0 Å². The topological polar surface area (TPSA) is 65.8 Å². The number of aryl methyl sites for hydroxylation is 1. The number of carbonyl (C=O) groups is 2. The summed E-state index contributed by atoms with van der Waals surface area (Å²) in [5, 5.41) is 3.43. The molecule has 2 heterocycles. The Bertz CT molecular complexity index is 928. The van der Waals surface area contributed by atoms with Gasteiger partial charge in [0.05, 0.1) is 18.3 Å². The maximum atomic E-state index is 13.7. The molecule has 32 heavy (non-hydrogen) atoms. The lowest BCUT2D eigenvalue weighted by molar-refractivity contribution is -0.130. The molecule has 2 aliphatic carbocycles. The van der Waals surface area contributed by atoms with Crippen molar-refractivity contribution >= 4 is 11.8 Å². The van der Waals surface area contributed by atoms with E-state index in [0.717, 1.165) is 45.2 Å². The summed E-state index contributed by atoms with van der Waals surface area (Å²) >= 11 is 0. The molecule has 5 rings (SSSR count). The molecule has 2 aromatic rings. The molecule has 1 aromatic carbocycles. The van der Waals surface area contributed by atoms with E-state index in [2.05, 4.69) is 34.5 Å². The molecule has 1 aromatic heterocycles. The van der Waals surface area contributed by atoms with Gasteiger partial charge in [-0.25, -0.2) is 0 Å². The Hall–Kier alpha value is -2.60. The molecule has 2 amide bonds. The van der Waals surface area contributed by atoms with Gasteiger partial charge < -0.3 is 14.6 Å². The van der Waals surface area contributed by atoms with Crippen LogP contribution in [-0.2, 0) is 11.2 Å². The van der Waals surface area contributed by atoms with Crippen LogP contribution < -0.4 is 5.32 Å². The summed E-state index contributed by atoms with van der Waals surface area (Å²) in [6.45, 7) is 2.70. The van der Waals surface area contributed by atoms with Crippen molar-refractivity contribution in [1.82, 2.24) is 15.1 Å². The van der Waals surface area contributed by atoms with Crippen molar-refractivity contribution in [1.29, 1.82) is 0 Å². The molecule has 2 fully saturated rings. The highest BCUT2D eigenvalue weighted by atomic mass is 16.3. The zero-order valence-electron chi connectivity index (χ0n) is 18.7. The molecule has 1 aliphatic heterocycles. The summed E-state index contributed by atoms with van der Waals surface area (Å²) in [5.74, 6) is 0.903. The second-order valence-corrected chi connectivity index (χ2v) is 9.45. The number of hydrogen-bond acceptors (Lipinski definition) is 4. The van der Waals surface area contributed by atoms with Crippen LogP contribution in [0.4, 0.5) is 0 Å². The predicted molar refractivity (Wildman–Crippen MR) is 122 cm³/mol. The highest BCUT2D eigenvalue weighted by Gasteiger charge is 2.38. The van der Waals surface area contributed by atoms with Gasteiger partial charge >= 0.3 is 0 Å². The maximum absolute atomic E-state index is 13.7. The molecular formula is C26H33N3O3. The summed E-state index contributed by atoms with van der Waals surface area (Å²) in [6.07, 6.45) is 9.40. The number of carbonyl (C=O) groups excluding carboxylic acids is 2. The lowest BCUT2D eigenvalue weighted by atomic mass is 9.87. The average Bonchev–Trinajstić information content (AvgIpc) is 3.55. The van der Waals surface area contributed by atoms with Crippen molar-refractivity contribution in [2.24, 2.45) is 5.92 Å². The van der Waals surface area contributed by atoms with E-state index in [-0.39, 0.29) is 23.9 Å². The summed E-state index contributed by atoms with van der Waals surface area (Å²) in [5.41, 5.74) is 2.65. The first-order valence-corrected chi connectivity index (χ1v) is 12.2.